The highest BCUT2D eigenvalue weighted by Gasteiger charge is 2.24. The van der Waals surface area contributed by atoms with Gasteiger partial charge in [-0.25, -0.2) is 0 Å². The monoisotopic (exact) mass is 765 g/mol. The Morgan fingerprint density at radius 3 is 1.32 bits per heavy atom. The van der Waals surface area contributed by atoms with Crippen molar-refractivity contribution in [2.75, 3.05) is 4.90 Å². The first kappa shape index (κ1) is 35.2. The first-order valence-corrected chi connectivity index (χ1v) is 20.5. The third kappa shape index (κ3) is 6.51. The quantitative estimate of drug-likeness (QED) is 0.160. The Balaban J connectivity index is 0.993. The van der Waals surface area contributed by atoms with Crippen LogP contribution < -0.4 is 9.64 Å². The van der Waals surface area contributed by atoms with Crippen molar-refractivity contribution in [3.63, 3.8) is 0 Å². The van der Waals surface area contributed by atoms with Crippen molar-refractivity contribution >= 4 is 27.8 Å². The predicted molar refractivity (Wildman–Crippen MR) is 251 cm³/mol. The van der Waals surface area contributed by atoms with Crippen LogP contribution in [0.3, 0.4) is 0 Å². The molecule has 0 bridgehead atoms. The van der Waals surface area contributed by atoms with Crippen molar-refractivity contribution in [2.24, 2.45) is 0 Å². The SMILES string of the molecule is c1ccc(-c2ccc(-c3ccc(N(c4ccc(-c5ccccc5)cc4)c4ccc5c(c4)Oc4ccc(-c6cccc7ccccc67)cc4-c4ccccc4-5)cc3)cc2)cc1. The topological polar surface area (TPSA) is 12.5 Å². The Labute approximate surface area is 350 Å². The summed E-state index contributed by atoms with van der Waals surface area (Å²) in [6.45, 7) is 0. The van der Waals surface area contributed by atoms with Gasteiger partial charge < -0.3 is 9.64 Å². The smallest absolute Gasteiger partial charge is 0.137 e. The van der Waals surface area contributed by atoms with Gasteiger partial charge in [0.25, 0.3) is 0 Å². The minimum absolute atomic E-state index is 0.817. The van der Waals surface area contributed by atoms with Crippen LogP contribution in [0.15, 0.2) is 237 Å². The van der Waals surface area contributed by atoms with Gasteiger partial charge in [0.2, 0.25) is 0 Å². The summed E-state index contributed by atoms with van der Waals surface area (Å²) in [6.07, 6.45) is 0. The third-order valence-corrected chi connectivity index (χ3v) is 11.7. The van der Waals surface area contributed by atoms with Crippen molar-refractivity contribution < 1.29 is 4.74 Å². The summed E-state index contributed by atoms with van der Waals surface area (Å²) in [5, 5.41) is 2.47. The van der Waals surface area contributed by atoms with Crippen LogP contribution >= 0.6 is 0 Å². The third-order valence-electron chi connectivity index (χ3n) is 11.7. The molecule has 10 aromatic rings. The van der Waals surface area contributed by atoms with E-state index < -0.39 is 0 Å². The Bertz CT molecular complexity index is 3130. The number of anilines is 3. The minimum atomic E-state index is 0.817. The zero-order valence-corrected chi connectivity index (χ0v) is 32.9. The van der Waals surface area contributed by atoms with E-state index in [1.165, 1.54) is 49.7 Å². The molecule has 0 aromatic heterocycles. The lowest BCUT2D eigenvalue weighted by atomic mass is 9.91. The Morgan fingerprint density at radius 2 is 0.700 bits per heavy atom. The Morgan fingerprint density at radius 1 is 0.250 bits per heavy atom. The van der Waals surface area contributed by atoms with Crippen LogP contribution in [0.2, 0.25) is 0 Å². The van der Waals surface area contributed by atoms with Crippen molar-refractivity contribution in [3.05, 3.63) is 237 Å². The summed E-state index contributed by atoms with van der Waals surface area (Å²) in [6, 6.07) is 84.6. The number of hydrogen-bond acceptors (Lipinski definition) is 2. The molecule has 282 valence electrons. The molecular weight excluding hydrogens is 727 g/mol. The molecule has 0 radical (unpaired) electrons. The van der Waals surface area contributed by atoms with Gasteiger partial charge in [0.1, 0.15) is 11.5 Å². The molecule has 0 N–H and O–H groups in total. The standard InChI is InChI=1S/C58H39NO/c1-3-12-40(13-4-1)42-22-24-43(25-23-42)45-28-33-49(34-29-45)59(48-31-26-44(27-32-48)41-14-5-2-6-15-41)50-35-36-55-53-19-9-10-20-54(53)56-38-47(30-37-57(56)60-58(55)39-50)52-21-11-17-46-16-7-8-18-51(46)52/h1-39H. The van der Waals surface area contributed by atoms with Gasteiger partial charge in [-0.3, -0.25) is 0 Å². The average Bonchev–Trinajstić information content (AvgIpc) is 3.46. The second-order valence-corrected chi connectivity index (χ2v) is 15.3. The van der Waals surface area contributed by atoms with Gasteiger partial charge in [-0.15, -0.1) is 0 Å². The van der Waals surface area contributed by atoms with Crippen LogP contribution in [-0.4, -0.2) is 0 Å². The maximum absolute atomic E-state index is 6.99. The second-order valence-electron chi connectivity index (χ2n) is 15.3. The van der Waals surface area contributed by atoms with Crippen LogP contribution in [0.4, 0.5) is 17.1 Å². The number of benzene rings is 10. The molecule has 11 rings (SSSR count). The number of fused-ring (bicyclic) bond motifs is 6. The zero-order valence-electron chi connectivity index (χ0n) is 32.9. The van der Waals surface area contributed by atoms with E-state index >= 15 is 0 Å². The molecule has 60 heavy (non-hydrogen) atoms. The van der Waals surface area contributed by atoms with E-state index in [1.54, 1.807) is 0 Å². The van der Waals surface area contributed by atoms with Crippen LogP contribution in [0.25, 0.3) is 77.5 Å². The number of rotatable bonds is 7. The van der Waals surface area contributed by atoms with Crippen LogP contribution in [0.5, 0.6) is 11.5 Å². The maximum Gasteiger partial charge on any atom is 0.137 e. The molecule has 1 heterocycles. The second kappa shape index (κ2) is 15.1. The number of ether oxygens (including phenoxy) is 1. The molecule has 0 saturated heterocycles. The van der Waals surface area contributed by atoms with Gasteiger partial charge >= 0.3 is 0 Å². The molecular formula is C58H39NO. The van der Waals surface area contributed by atoms with Crippen molar-refractivity contribution in [1.29, 1.82) is 0 Å². The molecule has 1 aliphatic heterocycles. The van der Waals surface area contributed by atoms with Crippen molar-refractivity contribution in [2.45, 2.75) is 0 Å². The lowest BCUT2D eigenvalue weighted by Gasteiger charge is -2.27. The van der Waals surface area contributed by atoms with E-state index in [1.807, 2.05) is 0 Å². The van der Waals surface area contributed by atoms with E-state index in [-0.39, 0.29) is 0 Å². The van der Waals surface area contributed by atoms with E-state index in [0.717, 1.165) is 56.4 Å². The fourth-order valence-electron chi connectivity index (χ4n) is 8.67. The highest BCUT2D eigenvalue weighted by Crippen LogP contribution is 2.50. The Hall–Kier alpha value is -7.94. The lowest BCUT2D eigenvalue weighted by molar-refractivity contribution is 0.488. The summed E-state index contributed by atoms with van der Waals surface area (Å²) < 4.78 is 6.99. The van der Waals surface area contributed by atoms with Gasteiger partial charge in [0, 0.05) is 34.3 Å². The summed E-state index contributed by atoms with van der Waals surface area (Å²) in [7, 11) is 0. The van der Waals surface area contributed by atoms with Crippen LogP contribution in [-0.2, 0) is 0 Å². The molecule has 0 unspecified atom stereocenters. The largest absolute Gasteiger partial charge is 0.456 e. The van der Waals surface area contributed by atoms with Gasteiger partial charge in [0.05, 0.1) is 0 Å². The van der Waals surface area contributed by atoms with E-state index in [4.69, 9.17) is 4.74 Å². The lowest BCUT2D eigenvalue weighted by Crippen LogP contribution is -2.10. The summed E-state index contributed by atoms with van der Waals surface area (Å²) in [5.74, 6) is 1.65. The van der Waals surface area contributed by atoms with Gasteiger partial charge in [-0.2, -0.15) is 0 Å². The number of hydrogen-bond donors (Lipinski definition) is 0. The highest BCUT2D eigenvalue weighted by molar-refractivity contribution is 5.99. The summed E-state index contributed by atoms with van der Waals surface area (Å²) in [4.78, 5) is 2.32. The summed E-state index contributed by atoms with van der Waals surface area (Å²) >= 11 is 0. The van der Waals surface area contributed by atoms with Gasteiger partial charge in [-0.05, 0) is 115 Å². The highest BCUT2D eigenvalue weighted by atomic mass is 16.5. The minimum Gasteiger partial charge on any atom is -0.456 e. The molecule has 10 aromatic carbocycles. The maximum atomic E-state index is 6.99. The zero-order chi connectivity index (χ0) is 39.8. The van der Waals surface area contributed by atoms with Crippen molar-refractivity contribution in [1.82, 2.24) is 0 Å². The van der Waals surface area contributed by atoms with Crippen LogP contribution in [0.1, 0.15) is 0 Å². The molecule has 2 heteroatoms. The normalized spacial score (nSPS) is 11.5. The molecule has 0 aliphatic carbocycles. The molecule has 0 spiro atoms. The van der Waals surface area contributed by atoms with Gasteiger partial charge in [-0.1, -0.05) is 182 Å². The summed E-state index contributed by atoms with van der Waals surface area (Å²) in [5.41, 5.74) is 17.1. The van der Waals surface area contributed by atoms with Gasteiger partial charge in [0.15, 0.2) is 0 Å². The van der Waals surface area contributed by atoms with E-state index in [2.05, 4.69) is 241 Å². The van der Waals surface area contributed by atoms with E-state index in [0.29, 0.717) is 0 Å². The van der Waals surface area contributed by atoms with Crippen molar-refractivity contribution in [3.8, 4) is 78.3 Å². The fraction of sp³-hybridized carbons (Fsp3) is 0. The molecule has 0 fully saturated rings. The first-order chi connectivity index (χ1) is 29.7. The van der Waals surface area contributed by atoms with Crippen LogP contribution in [0, 0.1) is 0 Å². The average molecular weight is 766 g/mol. The molecule has 0 atom stereocenters. The first-order valence-electron chi connectivity index (χ1n) is 20.5. The fourth-order valence-corrected chi connectivity index (χ4v) is 8.67. The molecule has 0 saturated carbocycles. The predicted octanol–water partition coefficient (Wildman–Crippen LogP) is 16.4. The molecule has 1 aliphatic rings. The van der Waals surface area contributed by atoms with E-state index in [9.17, 15) is 0 Å². The number of nitrogens with zero attached hydrogens (tertiary/aromatic N) is 1. The molecule has 2 nitrogen and oxygen atoms in total. The molecule has 0 amide bonds. The Kier molecular flexibility index (Phi) is 8.87.